The van der Waals surface area contributed by atoms with Gasteiger partial charge in [0.15, 0.2) is 0 Å². The smallest absolute Gasteiger partial charge is 0.234 e. The topological polar surface area (TPSA) is 41.6 Å². The second-order valence-corrected chi connectivity index (χ2v) is 5.96. The van der Waals surface area contributed by atoms with Gasteiger partial charge in [0, 0.05) is 13.1 Å². The average Bonchev–Trinajstić information content (AvgIpc) is 2.59. The van der Waals surface area contributed by atoms with E-state index in [1.54, 1.807) is 7.11 Å². The Labute approximate surface area is 144 Å². The number of hydrogen-bond acceptors (Lipinski definition) is 3. The Bertz CT molecular complexity index is 629. The molecule has 0 heterocycles. The fourth-order valence-electron chi connectivity index (χ4n) is 2.60. The van der Waals surface area contributed by atoms with Crippen LogP contribution in [0.25, 0.3) is 0 Å². The lowest BCUT2D eigenvalue weighted by atomic mass is 10.1. The summed E-state index contributed by atoms with van der Waals surface area (Å²) in [5.41, 5.74) is 2.44. The maximum Gasteiger partial charge on any atom is 0.234 e. The number of nitrogens with zero attached hydrogens (tertiary/aromatic N) is 1. The number of rotatable bonds is 9. The Morgan fingerprint density at radius 3 is 2.58 bits per heavy atom. The molecule has 0 aliphatic heterocycles. The molecule has 1 amide bonds. The predicted molar refractivity (Wildman–Crippen MR) is 97.1 cm³/mol. The largest absolute Gasteiger partial charge is 0.497 e. The zero-order valence-electron chi connectivity index (χ0n) is 14.5. The predicted octanol–water partition coefficient (Wildman–Crippen LogP) is 2.88. The number of hydrogen-bond donors (Lipinski definition) is 1. The van der Waals surface area contributed by atoms with Crippen molar-refractivity contribution >= 4 is 5.91 Å². The van der Waals surface area contributed by atoms with Crippen molar-refractivity contribution < 1.29 is 9.53 Å². The van der Waals surface area contributed by atoms with E-state index in [1.165, 1.54) is 5.56 Å². The average molecular weight is 326 g/mol. The summed E-state index contributed by atoms with van der Waals surface area (Å²) in [4.78, 5) is 14.0. The van der Waals surface area contributed by atoms with Crippen LogP contribution in [0.1, 0.15) is 17.5 Å². The van der Waals surface area contributed by atoms with E-state index in [9.17, 15) is 4.79 Å². The van der Waals surface area contributed by atoms with E-state index in [-0.39, 0.29) is 5.91 Å². The minimum absolute atomic E-state index is 0.0634. The summed E-state index contributed by atoms with van der Waals surface area (Å²) in [5.74, 6) is 0.903. The summed E-state index contributed by atoms with van der Waals surface area (Å²) in [6.45, 7) is 1.82. The molecule has 2 aromatic rings. The van der Waals surface area contributed by atoms with Gasteiger partial charge in [-0.3, -0.25) is 9.69 Å². The first-order chi connectivity index (χ1) is 11.7. The second kappa shape index (κ2) is 9.73. The molecule has 0 radical (unpaired) electrons. The molecule has 0 bridgehead atoms. The van der Waals surface area contributed by atoms with E-state index in [1.807, 2.05) is 54.4 Å². The number of ether oxygens (including phenoxy) is 1. The third-order valence-corrected chi connectivity index (χ3v) is 3.81. The van der Waals surface area contributed by atoms with Crippen LogP contribution in [-0.2, 0) is 17.8 Å². The summed E-state index contributed by atoms with van der Waals surface area (Å²) in [6, 6.07) is 18.2. The van der Waals surface area contributed by atoms with Gasteiger partial charge in [0.1, 0.15) is 5.75 Å². The molecular formula is C20H26N2O2. The molecule has 0 fully saturated rings. The van der Waals surface area contributed by atoms with Gasteiger partial charge in [-0.1, -0.05) is 42.5 Å². The summed E-state index contributed by atoms with van der Waals surface area (Å²) in [7, 11) is 3.61. The number of amides is 1. The first kappa shape index (κ1) is 18.0. The highest BCUT2D eigenvalue weighted by molar-refractivity contribution is 5.77. The van der Waals surface area contributed by atoms with Gasteiger partial charge in [0.05, 0.1) is 13.7 Å². The highest BCUT2D eigenvalue weighted by Crippen LogP contribution is 2.13. The standard InChI is InChI=1S/C20H26N2O2/c1-22(15-18-10-6-12-19(14-18)24-2)16-20(23)21-13-7-11-17-8-4-3-5-9-17/h3-6,8-10,12,14H,7,11,13,15-16H2,1-2H3,(H,21,23). The van der Waals surface area contributed by atoms with E-state index >= 15 is 0 Å². The Kier molecular flexibility index (Phi) is 7.30. The van der Waals surface area contributed by atoms with Crippen LogP contribution in [0.3, 0.4) is 0 Å². The molecule has 0 spiro atoms. The molecule has 0 aliphatic carbocycles. The normalized spacial score (nSPS) is 10.6. The molecule has 0 unspecified atom stereocenters. The first-order valence-electron chi connectivity index (χ1n) is 8.29. The van der Waals surface area contributed by atoms with Crippen LogP contribution in [0.2, 0.25) is 0 Å². The summed E-state index contributed by atoms with van der Waals surface area (Å²) >= 11 is 0. The quantitative estimate of drug-likeness (QED) is 0.721. The van der Waals surface area contributed by atoms with Gasteiger partial charge in [-0.15, -0.1) is 0 Å². The van der Waals surface area contributed by atoms with Gasteiger partial charge in [-0.2, -0.15) is 0 Å². The van der Waals surface area contributed by atoms with Gasteiger partial charge in [0.25, 0.3) is 0 Å². The Morgan fingerprint density at radius 2 is 1.83 bits per heavy atom. The minimum atomic E-state index is 0.0634. The molecule has 0 atom stereocenters. The lowest BCUT2D eigenvalue weighted by molar-refractivity contribution is -0.122. The van der Waals surface area contributed by atoms with Crippen molar-refractivity contribution in [2.75, 3.05) is 27.2 Å². The van der Waals surface area contributed by atoms with Gasteiger partial charge in [0.2, 0.25) is 5.91 Å². The SMILES string of the molecule is COc1cccc(CN(C)CC(=O)NCCCc2ccccc2)c1. The molecule has 0 saturated heterocycles. The fraction of sp³-hybridized carbons (Fsp3) is 0.350. The number of methoxy groups -OCH3 is 1. The molecule has 0 aromatic heterocycles. The lowest BCUT2D eigenvalue weighted by Crippen LogP contribution is -2.35. The van der Waals surface area contributed by atoms with Crippen LogP contribution < -0.4 is 10.1 Å². The summed E-state index contributed by atoms with van der Waals surface area (Å²) in [5, 5.41) is 2.99. The Hall–Kier alpha value is -2.33. The van der Waals surface area contributed by atoms with Crippen LogP contribution in [-0.4, -0.2) is 38.1 Å². The van der Waals surface area contributed by atoms with Crippen molar-refractivity contribution in [2.45, 2.75) is 19.4 Å². The maximum absolute atomic E-state index is 12.0. The van der Waals surface area contributed by atoms with Crippen LogP contribution >= 0.6 is 0 Å². The molecule has 2 aromatic carbocycles. The summed E-state index contributed by atoms with van der Waals surface area (Å²) in [6.07, 6.45) is 1.94. The van der Waals surface area contributed by atoms with Crippen molar-refractivity contribution in [3.05, 3.63) is 65.7 Å². The second-order valence-electron chi connectivity index (χ2n) is 5.96. The molecule has 4 nitrogen and oxygen atoms in total. The molecule has 1 N–H and O–H groups in total. The van der Waals surface area contributed by atoms with Gasteiger partial charge in [-0.05, 0) is 43.1 Å². The highest BCUT2D eigenvalue weighted by atomic mass is 16.5. The maximum atomic E-state index is 12.0. The number of nitrogens with one attached hydrogen (secondary N) is 1. The molecule has 0 saturated carbocycles. The molecule has 2 rings (SSSR count). The number of carbonyl (C=O) groups is 1. The van der Waals surface area contributed by atoms with E-state index in [0.29, 0.717) is 19.6 Å². The third kappa shape index (κ3) is 6.42. The minimum Gasteiger partial charge on any atom is -0.497 e. The number of carbonyl (C=O) groups excluding carboxylic acids is 1. The van der Waals surface area contributed by atoms with Crippen LogP contribution in [0.15, 0.2) is 54.6 Å². The van der Waals surface area contributed by atoms with Gasteiger partial charge in [-0.25, -0.2) is 0 Å². The monoisotopic (exact) mass is 326 g/mol. The van der Waals surface area contributed by atoms with Gasteiger partial charge >= 0.3 is 0 Å². The highest BCUT2D eigenvalue weighted by Gasteiger charge is 2.07. The van der Waals surface area contributed by atoms with Crippen LogP contribution in [0, 0.1) is 0 Å². The zero-order chi connectivity index (χ0) is 17.2. The van der Waals surface area contributed by atoms with Crippen molar-refractivity contribution in [1.82, 2.24) is 10.2 Å². The third-order valence-electron chi connectivity index (χ3n) is 3.81. The van der Waals surface area contributed by atoms with Crippen LogP contribution in [0.5, 0.6) is 5.75 Å². The number of likely N-dealkylation sites (N-methyl/N-ethyl adjacent to an activating group) is 1. The number of benzene rings is 2. The molecule has 0 aliphatic rings. The van der Waals surface area contributed by atoms with Crippen molar-refractivity contribution in [1.29, 1.82) is 0 Å². The van der Waals surface area contributed by atoms with Gasteiger partial charge < -0.3 is 10.1 Å². The van der Waals surface area contributed by atoms with E-state index < -0.39 is 0 Å². The zero-order valence-corrected chi connectivity index (χ0v) is 14.5. The van der Waals surface area contributed by atoms with E-state index in [4.69, 9.17) is 4.74 Å². The van der Waals surface area contributed by atoms with E-state index in [0.717, 1.165) is 24.2 Å². The Balaban J connectivity index is 1.66. The fourth-order valence-corrected chi connectivity index (χ4v) is 2.60. The van der Waals surface area contributed by atoms with E-state index in [2.05, 4.69) is 17.4 Å². The van der Waals surface area contributed by atoms with Crippen molar-refractivity contribution in [3.8, 4) is 5.75 Å². The van der Waals surface area contributed by atoms with Crippen molar-refractivity contribution in [3.63, 3.8) is 0 Å². The van der Waals surface area contributed by atoms with Crippen LogP contribution in [0.4, 0.5) is 0 Å². The molecular weight excluding hydrogens is 300 g/mol. The molecule has 128 valence electrons. The first-order valence-corrected chi connectivity index (χ1v) is 8.29. The van der Waals surface area contributed by atoms with Crippen molar-refractivity contribution in [2.24, 2.45) is 0 Å². The summed E-state index contributed by atoms with van der Waals surface area (Å²) < 4.78 is 5.22. The lowest BCUT2D eigenvalue weighted by Gasteiger charge is -2.16. The molecule has 4 heteroatoms. The Morgan fingerprint density at radius 1 is 1.08 bits per heavy atom. The number of aryl methyl sites for hydroxylation is 1. The molecule has 24 heavy (non-hydrogen) atoms.